The number of carboxylic acid groups (broad SMARTS) is 1. The molecule has 1 amide bonds. The first kappa shape index (κ1) is 22.4. The van der Waals surface area contributed by atoms with E-state index >= 15 is 0 Å². The van der Waals surface area contributed by atoms with Gasteiger partial charge in [0.2, 0.25) is 0 Å². The minimum Gasteiger partial charge on any atom is -0.488 e. The molecule has 2 heterocycles. The van der Waals surface area contributed by atoms with Crippen LogP contribution in [0.15, 0.2) is 18.2 Å². The summed E-state index contributed by atoms with van der Waals surface area (Å²) >= 11 is 12.1. The van der Waals surface area contributed by atoms with Crippen LogP contribution in [0.3, 0.4) is 0 Å². The van der Waals surface area contributed by atoms with Crippen molar-refractivity contribution >= 4 is 53.2 Å². The van der Waals surface area contributed by atoms with Gasteiger partial charge in [0, 0.05) is 5.69 Å². The topological polar surface area (TPSA) is 103 Å². The van der Waals surface area contributed by atoms with Crippen molar-refractivity contribution < 1.29 is 19.4 Å². The van der Waals surface area contributed by atoms with Gasteiger partial charge in [-0.05, 0) is 51.1 Å². The number of hydrogen-bond donors (Lipinski definition) is 4. The van der Waals surface area contributed by atoms with Crippen LogP contribution in [0.4, 0.5) is 5.69 Å². The van der Waals surface area contributed by atoms with E-state index in [-0.39, 0.29) is 45.5 Å². The van der Waals surface area contributed by atoms with Gasteiger partial charge in [-0.15, -0.1) is 12.4 Å². The summed E-state index contributed by atoms with van der Waals surface area (Å²) in [6, 6.07) is 4.36. The minimum absolute atomic E-state index is 0. The molecule has 7 nitrogen and oxygen atoms in total. The number of carbonyl (C=O) groups is 2. The molecule has 10 heteroatoms. The van der Waals surface area contributed by atoms with Crippen molar-refractivity contribution in [1.82, 2.24) is 10.3 Å². The maximum atomic E-state index is 12.6. The van der Waals surface area contributed by atoms with E-state index in [1.807, 2.05) is 0 Å². The van der Waals surface area contributed by atoms with Gasteiger partial charge >= 0.3 is 5.97 Å². The Labute approximate surface area is 178 Å². The molecule has 1 fully saturated rings. The average molecular weight is 449 g/mol. The second-order valence-corrected chi connectivity index (χ2v) is 7.05. The number of nitrogens with one attached hydrogen (secondary N) is 3. The minimum atomic E-state index is -1.10. The van der Waals surface area contributed by atoms with Crippen LogP contribution >= 0.6 is 35.6 Å². The summed E-state index contributed by atoms with van der Waals surface area (Å²) in [5, 5.41) is 15.6. The Morgan fingerprint density at radius 2 is 1.89 bits per heavy atom. The number of aryl methyl sites for hydroxylation is 1. The third kappa shape index (κ3) is 4.91. The van der Waals surface area contributed by atoms with Gasteiger partial charge in [-0.3, -0.25) is 4.79 Å². The fraction of sp³-hybridized carbons (Fsp3) is 0.333. The second kappa shape index (κ2) is 9.52. The number of aromatic amines is 1. The monoisotopic (exact) mass is 447 g/mol. The number of piperidine rings is 1. The van der Waals surface area contributed by atoms with E-state index in [0.29, 0.717) is 11.4 Å². The number of H-pyrrole nitrogens is 1. The maximum absolute atomic E-state index is 12.6. The van der Waals surface area contributed by atoms with Crippen LogP contribution in [-0.4, -0.2) is 41.2 Å². The van der Waals surface area contributed by atoms with E-state index in [0.717, 1.165) is 25.9 Å². The Hall–Kier alpha value is -1.93. The van der Waals surface area contributed by atoms with Gasteiger partial charge in [-0.25, -0.2) is 4.79 Å². The molecule has 1 aliphatic rings. The predicted molar refractivity (Wildman–Crippen MR) is 111 cm³/mol. The Kier molecular flexibility index (Phi) is 7.60. The van der Waals surface area contributed by atoms with Crippen LogP contribution in [0.5, 0.6) is 5.75 Å². The SMILES string of the molecule is Cc1[nH]c(C(=O)Nc2cc(C(=O)O)ccc2OC2CCNCC2)c(Cl)c1Cl.Cl. The zero-order chi connectivity index (χ0) is 19.6. The Morgan fingerprint density at radius 1 is 1.21 bits per heavy atom. The molecule has 0 saturated carbocycles. The van der Waals surface area contributed by atoms with Gasteiger partial charge < -0.3 is 25.5 Å². The highest BCUT2D eigenvalue weighted by atomic mass is 35.5. The summed E-state index contributed by atoms with van der Waals surface area (Å²) < 4.78 is 6.00. The third-order valence-electron chi connectivity index (χ3n) is 4.34. The number of ether oxygens (including phenoxy) is 1. The van der Waals surface area contributed by atoms with Gasteiger partial charge in [-0.2, -0.15) is 0 Å². The average Bonchev–Trinajstić information content (AvgIpc) is 2.91. The number of anilines is 1. The van der Waals surface area contributed by atoms with Crippen molar-refractivity contribution in [2.24, 2.45) is 0 Å². The van der Waals surface area contributed by atoms with E-state index in [1.165, 1.54) is 12.1 Å². The van der Waals surface area contributed by atoms with Gasteiger partial charge in [0.1, 0.15) is 17.5 Å². The van der Waals surface area contributed by atoms with Crippen LogP contribution in [-0.2, 0) is 0 Å². The van der Waals surface area contributed by atoms with Crippen molar-refractivity contribution in [2.45, 2.75) is 25.9 Å². The predicted octanol–water partition coefficient (Wildman–Crippen LogP) is 4.13. The fourth-order valence-corrected chi connectivity index (χ4v) is 3.29. The molecule has 4 N–H and O–H groups in total. The molecule has 3 rings (SSSR count). The van der Waals surface area contributed by atoms with E-state index < -0.39 is 11.9 Å². The number of carbonyl (C=O) groups excluding carboxylic acids is 1. The van der Waals surface area contributed by atoms with Gasteiger partial charge in [0.25, 0.3) is 5.91 Å². The first-order valence-corrected chi connectivity index (χ1v) is 9.22. The summed E-state index contributed by atoms with van der Waals surface area (Å²) in [4.78, 5) is 26.8. The molecule has 152 valence electrons. The molecule has 1 aromatic carbocycles. The lowest BCUT2D eigenvalue weighted by Gasteiger charge is -2.25. The van der Waals surface area contributed by atoms with Crippen molar-refractivity contribution in [3.8, 4) is 5.75 Å². The molecule has 0 unspecified atom stereocenters. The van der Waals surface area contributed by atoms with Gasteiger partial charge in [0.15, 0.2) is 0 Å². The molecule has 1 aromatic heterocycles. The Bertz CT molecular complexity index is 879. The number of rotatable bonds is 5. The Morgan fingerprint density at radius 3 is 2.46 bits per heavy atom. The lowest BCUT2D eigenvalue weighted by atomic mass is 10.1. The summed E-state index contributed by atoms with van der Waals surface area (Å²) in [7, 11) is 0. The Balaban J connectivity index is 0.00000280. The van der Waals surface area contributed by atoms with Crippen LogP contribution in [0, 0.1) is 6.92 Å². The molecule has 0 aliphatic carbocycles. The summed E-state index contributed by atoms with van der Waals surface area (Å²) in [5.41, 5.74) is 0.970. The smallest absolute Gasteiger partial charge is 0.335 e. The zero-order valence-electron chi connectivity index (χ0n) is 15.0. The zero-order valence-corrected chi connectivity index (χ0v) is 17.3. The van der Waals surface area contributed by atoms with E-state index in [1.54, 1.807) is 13.0 Å². The highest BCUT2D eigenvalue weighted by Gasteiger charge is 2.22. The summed E-state index contributed by atoms with van der Waals surface area (Å²) in [6.45, 7) is 3.38. The highest BCUT2D eigenvalue weighted by molar-refractivity contribution is 6.44. The number of hydrogen-bond acceptors (Lipinski definition) is 4. The summed E-state index contributed by atoms with van der Waals surface area (Å²) in [6.07, 6.45) is 1.64. The van der Waals surface area contributed by atoms with Crippen molar-refractivity contribution in [3.05, 3.63) is 45.2 Å². The number of aromatic carboxylic acids is 1. The van der Waals surface area contributed by atoms with Crippen molar-refractivity contribution in [2.75, 3.05) is 18.4 Å². The first-order valence-electron chi connectivity index (χ1n) is 8.46. The quantitative estimate of drug-likeness (QED) is 0.550. The molecule has 0 bridgehead atoms. The van der Waals surface area contributed by atoms with E-state index in [2.05, 4.69) is 15.6 Å². The number of amides is 1. The molecule has 0 atom stereocenters. The number of benzene rings is 1. The molecule has 2 aromatic rings. The molecule has 0 radical (unpaired) electrons. The summed E-state index contributed by atoms with van der Waals surface area (Å²) in [5.74, 6) is -1.23. The van der Waals surface area contributed by atoms with E-state index in [4.69, 9.17) is 27.9 Å². The molecular weight excluding hydrogens is 429 g/mol. The number of aromatic nitrogens is 1. The highest BCUT2D eigenvalue weighted by Crippen LogP contribution is 2.32. The van der Waals surface area contributed by atoms with Gasteiger partial charge in [0.05, 0.1) is 21.3 Å². The first-order chi connectivity index (χ1) is 12.9. The van der Waals surface area contributed by atoms with Crippen LogP contribution < -0.4 is 15.4 Å². The van der Waals surface area contributed by atoms with Crippen molar-refractivity contribution in [1.29, 1.82) is 0 Å². The molecule has 1 saturated heterocycles. The fourth-order valence-electron chi connectivity index (χ4n) is 2.87. The molecular formula is C18H20Cl3N3O4. The molecule has 0 spiro atoms. The van der Waals surface area contributed by atoms with Crippen LogP contribution in [0.2, 0.25) is 10.0 Å². The largest absolute Gasteiger partial charge is 0.488 e. The molecule has 28 heavy (non-hydrogen) atoms. The second-order valence-electron chi connectivity index (χ2n) is 6.29. The third-order valence-corrected chi connectivity index (χ3v) is 5.28. The van der Waals surface area contributed by atoms with Crippen LogP contribution in [0.25, 0.3) is 0 Å². The van der Waals surface area contributed by atoms with Crippen LogP contribution in [0.1, 0.15) is 39.4 Å². The van der Waals surface area contributed by atoms with Crippen molar-refractivity contribution in [3.63, 3.8) is 0 Å². The normalized spacial score (nSPS) is 14.2. The maximum Gasteiger partial charge on any atom is 0.335 e. The number of halogens is 3. The lowest BCUT2D eigenvalue weighted by molar-refractivity contribution is 0.0696. The van der Waals surface area contributed by atoms with E-state index in [9.17, 15) is 14.7 Å². The number of carboxylic acids is 1. The standard InChI is InChI=1S/C18H19Cl2N3O4.ClH/c1-9-14(19)15(20)16(22-9)17(24)23-12-8-10(18(25)26)2-3-13(12)27-11-4-6-21-7-5-11;/h2-3,8,11,21-22H,4-7H2,1H3,(H,23,24)(H,25,26);1H. The molecule has 1 aliphatic heterocycles. The van der Waals surface area contributed by atoms with Gasteiger partial charge in [-0.1, -0.05) is 23.2 Å². The lowest BCUT2D eigenvalue weighted by Crippen LogP contribution is -2.34.